The molecule has 0 spiro atoms. The van der Waals surface area contributed by atoms with E-state index in [4.69, 9.17) is 19.2 Å². The summed E-state index contributed by atoms with van der Waals surface area (Å²) in [4.78, 5) is 23.3. The molecule has 2 fully saturated rings. The monoisotopic (exact) mass is 461 g/mol. The summed E-state index contributed by atoms with van der Waals surface area (Å²) < 4.78 is 42.8. The van der Waals surface area contributed by atoms with Crippen molar-refractivity contribution in [1.82, 2.24) is 15.4 Å². The highest BCUT2D eigenvalue weighted by molar-refractivity contribution is 7.08. The Morgan fingerprint density at radius 2 is 2.13 bits per heavy atom. The van der Waals surface area contributed by atoms with Crippen molar-refractivity contribution in [3.8, 4) is 0 Å². The molecule has 2 aromatic heterocycles. The second kappa shape index (κ2) is 9.79. The number of carboxylic acids is 1. The van der Waals surface area contributed by atoms with Gasteiger partial charge in [0, 0.05) is 55.0 Å². The summed E-state index contributed by atoms with van der Waals surface area (Å²) in [5, 5.41) is 18.0. The van der Waals surface area contributed by atoms with Crippen molar-refractivity contribution in [2.75, 3.05) is 26.2 Å². The van der Waals surface area contributed by atoms with Crippen molar-refractivity contribution in [3.05, 3.63) is 39.9 Å². The summed E-state index contributed by atoms with van der Waals surface area (Å²) in [5.41, 5.74) is 1.71. The molecule has 4 rings (SSSR count). The minimum atomic E-state index is -5.08. The number of nitrogens with zero attached hydrogens (tertiary/aromatic N) is 2. The summed E-state index contributed by atoms with van der Waals surface area (Å²) in [5.74, 6) is -1.06. The van der Waals surface area contributed by atoms with Crippen LogP contribution in [0.4, 0.5) is 13.2 Å². The van der Waals surface area contributed by atoms with E-state index in [9.17, 15) is 18.0 Å². The van der Waals surface area contributed by atoms with E-state index in [1.807, 2.05) is 29.8 Å². The lowest BCUT2D eigenvalue weighted by Crippen LogP contribution is -2.34. The average Bonchev–Trinajstić information content (AvgIpc) is 3.45. The second-order valence-electron chi connectivity index (χ2n) is 7.44. The lowest BCUT2D eigenvalue weighted by Gasteiger charge is -2.19. The molecule has 3 atom stereocenters. The summed E-state index contributed by atoms with van der Waals surface area (Å²) in [6.45, 7) is 6.01. The first-order valence-electron chi connectivity index (χ1n) is 9.50. The largest absolute Gasteiger partial charge is 0.490 e. The molecule has 0 aliphatic carbocycles. The van der Waals surface area contributed by atoms with Crippen LogP contribution >= 0.6 is 11.3 Å². The molecule has 0 bridgehead atoms. The van der Waals surface area contributed by atoms with E-state index >= 15 is 0 Å². The van der Waals surface area contributed by atoms with Gasteiger partial charge >= 0.3 is 12.1 Å². The van der Waals surface area contributed by atoms with Gasteiger partial charge in [-0.15, -0.1) is 0 Å². The Morgan fingerprint density at radius 1 is 1.39 bits per heavy atom. The number of halogens is 3. The average molecular weight is 461 g/mol. The van der Waals surface area contributed by atoms with Gasteiger partial charge in [-0.2, -0.15) is 24.5 Å². The lowest BCUT2D eigenvalue weighted by molar-refractivity contribution is -0.192. The molecule has 0 unspecified atom stereocenters. The number of fused-ring (bicyclic) bond motifs is 1. The highest BCUT2D eigenvalue weighted by atomic mass is 32.1. The quantitative estimate of drug-likeness (QED) is 0.705. The number of thiophene rings is 1. The van der Waals surface area contributed by atoms with Crippen LogP contribution in [-0.4, -0.2) is 65.6 Å². The van der Waals surface area contributed by atoms with Gasteiger partial charge < -0.3 is 19.7 Å². The van der Waals surface area contributed by atoms with Gasteiger partial charge in [0.05, 0.1) is 18.4 Å². The summed E-state index contributed by atoms with van der Waals surface area (Å²) >= 11 is 1.54. The third kappa shape index (κ3) is 6.28. The van der Waals surface area contributed by atoms with Crippen molar-refractivity contribution in [2.45, 2.75) is 25.7 Å². The molecule has 0 aromatic carbocycles. The fourth-order valence-corrected chi connectivity index (χ4v) is 4.30. The molecule has 0 radical (unpaired) electrons. The number of nitrogens with one attached hydrogen (secondary N) is 1. The normalized spacial score (nSPS) is 23.2. The van der Waals surface area contributed by atoms with Gasteiger partial charge in [-0.1, -0.05) is 5.16 Å². The van der Waals surface area contributed by atoms with Crippen molar-refractivity contribution in [1.29, 1.82) is 0 Å². The maximum Gasteiger partial charge on any atom is 0.490 e. The molecule has 2 aliphatic heterocycles. The van der Waals surface area contributed by atoms with Gasteiger partial charge in [-0.05, 0) is 18.4 Å². The molecule has 170 valence electrons. The molecule has 12 heteroatoms. The molecule has 2 N–H and O–H groups in total. The number of carbonyl (C=O) groups is 2. The third-order valence-corrected chi connectivity index (χ3v) is 5.81. The van der Waals surface area contributed by atoms with Crippen molar-refractivity contribution in [2.24, 2.45) is 11.8 Å². The number of amides is 1. The fraction of sp³-hybridized carbons (Fsp3) is 0.526. The topological polar surface area (TPSA) is 105 Å². The first-order valence-corrected chi connectivity index (χ1v) is 10.4. The van der Waals surface area contributed by atoms with Gasteiger partial charge in [0.1, 0.15) is 5.76 Å². The fourth-order valence-electron chi connectivity index (χ4n) is 3.66. The van der Waals surface area contributed by atoms with Crippen LogP contribution in [0.2, 0.25) is 0 Å². The van der Waals surface area contributed by atoms with Crippen LogP contribution in [0, 0.1) is 18.8 Å². The van der Waals surface area contributed by atoms with Gasteiger partial charge in [0.15, 0.2) is 0 Å². The molecule has 0 saturated carbocycles. The number of carbonyl (C=O) groups excluding carboxylic acids is 1. The van der Waals surface area contributed by atoms with Crippen LogP contribution in [0.25, 0.3) is 0 Å². The third-order valence-electron chi connectivity index (χ3n) is 5.13. The Hall–Kier alpha value is -2.44. The van der Waals surface area contributed by atoms with E-state index < -0.39 is 12.1 Å². The van der Waals surface area contributed by atoms with E-state index in [1.165, 1.54) is 11.3 Å². The molecular formula is C19H22F3N3O5S. The minimum Gasteiger partial charge on any atom is -0.475 e. The van der Waals surface area contributed by atoms with Gasteiger partial charge in [-0.3, -0.25) is 9.69 Å². The van der Waals surface area contributed by atoms with E-state index in [0.717, 1.165) is 43.3 Å². The van der Waals surface area contributed by atoms with E-state index in [0.29, 0.717) is 18.4 Å². The standard InChI is InChI=1S/C17H21N3O3S.C2HF3O2/c1-11-4-14(19-23-11)6-20-7-15-13(9-22-16(15)8-20)5-18-17(21)12-2-3-24-10-12;3-2(4,5)1(6)7/h2-4,10,13,15-16H,5-9H2,1H3,(H,18,21);(H,6,7)/t13-,15+,16+;/m0./s1. The zero-order chi connectivity index (χ0) is 22.6. The lowest BCUT2D eigenvalue weighted by atomic mass is 9.93. The van der Waals surface area contributed by atoms with E-state index in [-0.39, 0.29) is 12.0 Å². The van der Waals surface area contributed by atoms with Crippen LogP contribution < -0.4 is 5.32 Å². The number of aliphatic carboxylic acids is 1. The Labute approximate surface area is 180 Å². The van der Waals surface area contributed by atoms with Crippen molar-refractivity contribution in [3.63, 3.8) is 0 Å². The number of hydrogen-bond acceptors (Lipinski definition) is 7. The number of rotatable bonds is 5. The summed E-state index contributed by atoms with van der Waals surface area (Å²) in [6.07, 6.45) is -4.82. The number of aromatic nitrogens is 1. The first kappa shape index (κ1) is 23.2. The SMILES string of the molecule is Cc1cc(CN2C[C@@H]3[C@@H](CNC(=O)c4ccsc4)CO[C@@H]3C2)no1.O=C(O)C(F)(F)F. The van der Waals surface area contributed by atoms with E-state index in [1.54, 1.807) is 0 Å². The van der Waals surface area contributed by atoms with Crippen LogP contribution in [0.15, 0.2) is 27.4 Å². The van der Waals surface area contributed by atoms with Gasteiger partial charge in [0.25, 0.3) is 5.91 Å². The number of alkyl halides is 3. The van der Waals surface area contributed by atoms with E-state index in [2.05, 4.69) is 15.4 Å². The maximum absolute atomic E-state index is 12.1. The summed E-state index contributed by atoms with van der Waals surface area (Å²) in [7, 11) is 0. The molecule has 1 amide bonds. The first-order chi connectivity index (χ1) is 14.6. The molecule has 2 aromatic rings. The molecule has 8 nitrogen and oxygen atoms in total. The molecule has 4 heterocycles. The van der Waals surface area contributed by atoms with Crippen molar-refractivity contribution >= 4 is 23.2 Å². The zero-order valence-corrected chi connectivity index (χ0v) is 17.4. The van der Waals surface area contributed by atoms with Gasteiger partial charge in [-0.25, -0.2) is 4.79 Å². The van der Waals surface area contributed by atoms with Gasteiger partial charge in [0.2, 0.25) is 0 Å². The second-order valence-corrected chi connectivity index (χ2v) is 8.22. The predicted molar refractivity (Wildman–Crippen MR) is 104 cm³/mol. The number of likely N-dealkylation sites (tertiary alicyclic amines) is 1. The summed E-state index contributed by atoms with van der Waals surface area (Å²) in [6, 6.07) is 3.83. The van der Waals surface area contributed by atoms with Crippen LogP contribution in [-0.2, 0) is 16.1 Å². The molecule has 31 heavy (non-hydrogen) atoms. The predicted octanol–water partition coefficient (Wildman–Crippen LogP) is 2.55. The number of carboxylic acid groups (broad SMARTS) is 1. The Bertz CT molecular complexity index is 887. The highest BCUT2D eigenvalue weighted by Gasteiger charge is 2.43. The number of aryl methyl sites for hydroxylation is 1. The van der Waals surface area contributed by atoms with Crippen LogP contribution in [0.1, 0.15) is 21.8 Å². The Kier molecular flexibility index (Phi) is 7.34. The maximum atomic E-state index is 12.1. The zero-order valence-electron chi connectivity index (χ0n) is 16.6. The van der Waals surface area contributed by atoms with Crippen LogP contribution in [0.5, 0.6) is 0 Å². The highest BCUT2D eigenvalue weighted by Crippen LogP contribution is 2.34. The smallest absolute Gasteiger partial charge is 0.475 e. The Morgan fingerprint density at radius 3 is 2.71 bits per heavy atom. The number of ether oxygens (including phenoxy) is 1. The Balaban J connectivity index is 0.000000339. The molecule has 2 saturated heterocycles. The number of hydrogen-bond donors (Lipinski definition) is 2. The molecule has 2 aliphatic rings. The van der Waals surface area contributed by atoms with Crippen LogP contribution in [0.3, 0.4) is 0 Å². The van der Waals surface area contributed by atoms with Crippen molar-refractivity contribution < 1.29 is 37.1 Å². The molecular weight excluding hydrogens is 439 g/mol. The minimum absolute atomic E-state index is 0.00706.